The van der Waals surface area contributed by atoms with Gasteiger partial charge in [-0.05, 0) is 57.8 Å². The summed E-state index contributed by atoms with van der Waals surface area (Å²) in [6.45, 7) is -0.0820. The molecule has 0 saturated carbocycles. The Morgan fingerprint density at radius 1 is 0.394 bits per heavy atom. The molecule has 0 spiro atoms. The number of aliphatic carboxylic acids is 2. The fourth-order valence-electron chi connectivity index (χ4n) is 10.6. The summed E-state index contributed by atoms with van der Waals surface area (Å²) in [5.74, 6) is -26.9. The summed E-state index contributed by atoms with van der Waals surface area (Å²) < 4.78 is 147. The smallest absolute Gasteiger partial charge is 0.364 e. The number of esters is 1. The lowest BCUT2D eigenvalue weighted by molar-refractivity contribution is -0.237. The van der Waals surface area contributed by atoms with Gasteiger partial charge in [-0.25, -0.2) is 22.8 Å². The fourth-order valence-corrected chi connectivity index (χ4v) is 10.6. The van der Waals surface area contributed by atoms with Crippen molar-refractivity contribution in [3.63, 3.8) is 0 Å². The number of nitrogens with one attached hydrogen (secondary N) is 8. The third kappa shape index (κ3) is 58.9. The maximum atomic E-state index is 13.8. The molecule has 1 aromatic rings. The van der Waals surface area contributed by atoms with Gasteiger partial charge in [-0.2, -0.15) is 8.78 Å². The van der Waals surface area contributed by atoms with E-state index in [9.17, 15) is 101 Å². The highest BCUT2D eigenvalue weighted by Gasteiger charge is 2.43. The molecule has 0 unspecified atom stereocenters. The van der Waals surface area contributed by atoms with Crippen LogP contribution in [0.1, 0.15) is 96.3 Å². The summed E-state index contributed by atoms with van der Waals surface area (Å²) in [6.07, 6.45) is -2.25. The molecular weight excluding hydrogens is 1720 g/mol. The van der Waals surface area contributed by atoms with Crippen LogP contribution in [0.3, 0.4) is 0 Å². The van der Waals surface area contributed by atoms with Crippen LogP contribution in [0, 0.1) is 29.1 Å². The molecule has 0 fully saturated rings. The van der Waals surface area contributed by atoms with Crippen molar-refractivity contribution < 1.29 is 192 Å². The molecule has 50 heteroatoms. The molecule has 8 atom stereocenters. The highest BCUT2D eigenvalue weighted by Crippen LogP contribution is 2.30. The van der Waals surface area contributed by atoms with Gasteiger partial charge in [0.1, 0.15) is 19.3 Å². The van der Waals surface area contributed by atoms with Crippen LogP contribution in [-0.4, -0.2) is 388 Å². The standard InChI is InChI=1S/C77H131F5N10O35/c78-67-68(79)70(81)72(71(82)69(67)80)127-66(105)11-22-115-28-32-119-34-35-120-33-31-118-25-17-89-73(106)58(4-1-2-13-87-61(100)9-20-113-26-29-116-23-15-85-47-53(83)51-123-38-36-121-40-42-125-76(111,74(107)108)12-6-55(90-64(103)49-95)44-56(97)7-18-93)91-63(102)5-3-14-88-62(101)10-21-114-27-30-117-24-16-86-48-54(84)52-124-39-37-122-41-43-126-77(112,75(109)110)46-60(99)59(92-65(104)50-96)45-57(98)8-19-94/h47-48,55-60,85-86,93-99,111-112H,1-46,49-52,83-84H2,(H,87,100)(H,88,101)(H,89,106)(H,90,103)(H,91,102)(H,92,104)(H,107,108)(H,109,110)/b53-47-,54-48-/t55-,56-,57-,58+,59+,60+,76-,77-/m1/s1. The van der Waals surface area contributed by atoms with Gasteiger partial charge in [0.05, 0.1) is 214 Å². The summed E-state index contributed by atoms with van der Waals surface area (Å²) >= 11 is 0. The number of hydrogen-bond acceptors (Lipinski definition) is 37. The SMILES string of the molecule is N/C(=C\NCCOCCOCCC(=O)NCCCC[C@H](NC(=O)CCCNC(=O)CCOCCOCCN/C=C(\N)COCCOCCO[C@](O)(C[C@H](O)[C@H](C[C@H](O)CCO)NC(=O)CO)C(=O)O)C(=O)NCCOCCOCCOCCOCCC(=O)Oc1c(F)c(F)c(F)c(F)c1F)COCCOCCO[C@](O)(CC[C@H](C[C@H](O)CCO)NC(=O)CO)C(=O)O. The lowest BCUT2D eigenvalue weighted by atomic mass is 9.96. The van der Waals surface area contributed by atoms with Gasteiger partial charge in [0.25, 0.3) is 11.6 Å². The first-order valence-corrected chi connectivity index (χ1v) is 41.2. The predicted octanol–water partition coefficient (Wildman–Crippen LogP) is -5.45. The number of nitrogens with two attached hydrogens (primary N) is 2. The quantitative estimate of drug-likeness (QED) is 0.00550. The van der Waals surface area contributed by atoms with E-state index < -0.39 is 170 Å². The van der Waals surface area contributed by atoms with Crippen molar-refractivity contribution in [1.29, 1.82) is 0 Å². The molecule has 6 amide bonds. The number of halogens is 5. The molecule has 127 heavy (non-hydrogen) atoms. The van der Waals surface area contributed by atoms with Crippen molar-refractivity contribution in [2.75, 3.05) is 231 Å². The first-order chi connectivity index (χ1) is 60.9. The van der Waals surface area contributed by atoms with E-state index in [-0.39, 0.29) is 261 Å². The molecule has 0 aliphatic carbocycles. The van der Waals surface area contributed by atoms with E-state index in [1.54, 1.807) is 0 Å². The minimum Gasteiger partial charge on any atom is -0.477 e. The minimum atomic E-state index is -2.92. The van der Waals surface area contributed by atoms with Gasteiger partial charge in [-0.3, -0.25) is 33.6 Å². The number of hydrogen-bond donors (Lipinski definition) is 21. The Labute approximate surface area is 731 Å². The molecule has 734 valence electrons. The summed E-state index contributed by atoms with van der Waals surface area (Å²) in [4.78, 5) is 111. The van der Waals surface area contributed by atoms with Crippen molar-refractivity contribution >= 4 is 53.4 Å². The van der Waals surface area contributed by atoms with Crippen LogP contribution in [0.2, 0.25) is 0 Å². The molecule has 0 radical (unpaired) electrons. The Morgan fingerprint density at radius 2 is 0.795 bits per heavy atom. The number of unbranched alkanes of at least 4 members (excludes halogenated alkanes) is 1. The van der Waals surface area contributed by atoms with E-state index in [0.29, 0.717) is 43.9 Å². The van der Waals surface area contributed by atoms with Crippen molar-refractivity contribution in [1.82, 2.24) is 42.5 Å². The van der Waals surface area contributed by atoms with Crippen LogP contribution in [0.5, 0.6) is 5.75 Å². The number of aliphatic hydroxyl groups excluding tert-OH is 7. The summed E-state index contributed by atoms with van der Waals surface area (Å²) in [6, 6.07) is -3.11. The van der Waals surface area contributed by atoms with Crippen molar-refractivity contribution in [3.8, 4) is 5.75 Å². The molecule has 0 aromatic heterocycles. The van der Waals surface area contributed by atoms with Crippen LogP contribution in [0.4, 0.5) is 22.0 Å². The van der Waals surface area contributed by atoms with Gasteiger partial charge in [0.15, 0.2) is 0 Å². The molecule has 45 nitrogen and oxygen atoms in total. The molecule has 0 bridgehead atoms. The monoisotopic (exact) mass is 1850 g/mol. The van der Waals surface area contributed by atoms with Crippen LogP contribution >= 0.6 is 0 Å². The number of carbonyl (C=O) groups is 9. The van der Waals surface area contributed by atoms with Crippen LogP contribution < -0.4 is 58.7 Å². The van der Waals surface area contributed by atoms with E-state index in [4.69, 9.17) is 98.2 Å². The summed E-state index contributed by atoms with van der Waals surface area (Å²) in [5, 5.41) is 129. The maximum absolute atomic E-state index is 13.8. The van der Waals surface area contributed by atoms with Gasteiger partial charge < -0.3 is 181 Å². The molecule has 0 aliphatic rings. The highest BCUT2D eigenvalue weighted by atomic mass is 19.2. The third-order valence-electron chi connectivity index (χ3n) is 17.2. The Morgan fingerprint density at radius 3 is 1.26 bits per heavy atom. The van der Waals surface area contributed by atoms with Crippen LogP contribution in [0.15, 0.2) is 23.8 Å². The lowest BCUT2D eigenvalue weighted by Crippen LogP contribution is -2.52. The number of carboxylic acid groups (broad SMARTS) is 2. The second-order valence-corrected chi connectivity index (χ2v) is 27.7. The average molecular weight is 1850 g/mol. The van der Waals surface area contributed by atoms with Crippen molar-refractivity contribution in [2.24, 2.45) is 11.5 Å². The van der Waals surface area contributed by atoms with E-state index >= 15 is 0 Å². The Kier molecular flexibility index (Phi) is 67.7. The number of carbonyl (C=O) groups excluding carboxylic acids is 7. The zero-order valence-electron chi connectivity index (χ0n) is 71.2. The molecule has 0 saturated heterocycles. The van der Waals surface area contributed by atoms with E-state index in [1.165, 1.54) is 12.4 Å². The second kappa shape index (κ2) is 73.6. The Balaban J connectivity index is 2.45. The van der Waals surface area contributed by atoms with E-state index in [0.717, 1.165) is 0 Å². The Hall–Kier alpha value is -8.14. The lowest BCUT2D eigenvalue weighted by Gasteiger charge is -2.31. The molecule has 23 N–H and O–H groups in total. The number of benzene rings is 1. The van der Waals surface area contributed by atoms with Gasteiger partial charge in [-0.1, -0.05) is 0 Å². The fraction of sp³-hybridized carbons (Fsp3) is 0.753. The third-order valence-corrected chi connectivity index (χ3v) is 17.2. The summed E-state index contributed by atoms with van der Waals surface area (Å²) in [7, 11) is 0. The van der Waals surface area contributed by atoms with Crippen molar-refractivity contribution in [3.05, 3.63) is 52.9 Å². The molecular formula is C77H131F5N10O35. The van der Waals surface area contributed by atoms with Gasteiger partial charge in [0.2, 0.25) is 70.3 Å². The largest absolute Gasteiger partial charge is 0.477 e. The van der Waals surface area contributed by atoms with Crippen LogP contribution in [-0.2, 0) is 109 Å². The molecule has 1 aromatic carbocycles. The van der Waals surface area contributed by atoms with E-state index in [2.05, 4.69) is 47.3 Å². The normalized spacial score (nSPS) is 14.2. The Bertz CT molecular complexity index is 3260. The predicted molar refractivity (Wildman–Crippen MR) is 430 cm³/mol. The highest BCUT2D eigenvalue weighted by molar-refractivity contribution is 5.87. The van der Waals surface area contributed by atoms with Crippen LogP contribution in [0.25, 0.3) is 0 Å². The molecule has 1 rings (SSSR count). The van der Waals surface area contributed by atoms with Gasteiger partial charge >= 0.3 is 17.9 Å². The number of ether oxygens (including phenoxy) is 15. The minimum absolute atomic E-state index is 0.00313. The zero-order valence-corrected chi connectivity index (χ0v) is 71.2. The van der Waals surface area contributed by atoms with Crippen molar-refractivity contribution in [2.45, 2.75) is 144 Å². The number of aliphatic hydroxyl groups is 9. The molecule has 0 heterocycles. The zero-order chi connectivity index (χ0) is 94.3. The summed E-state index contributed by atoms with van der Waals surface area (Å²) in [5.41, 5.74) is 12.6. The average Bonchev–Trinajstić information content (AvgIpc) is 0.796. The van der Waals surface area contributed by atoms with E-state index in [1.807, 2.05) is 0 Å². The van der Waals surface area contributed by atoms with Gasteiger partial charge in [-0.15, -0.1) is 0 Å². The van der Waals surface area contributed by atoms with Gasteiger partial charge in [0, 0.05) is 96.5 Å². The first kappa shape index (κ1) is 117. The number of carboxylic acids is 2. The topological polar surface area (TPSA) is 663 Å². The first-order valence-electron chi connectivity index (χ1n) is 41.2. The molecule has 0 aliphatic heterocycles. The second-order valence-electron chi connectivity index (χ2n) is 27.7. The maximum Gasteiger partial charge on any atom is 0.364 e. The number of rotatable bonds is 85. The number of amides is 6.